The Bertz CT molecular complexity index is 75.8. The predicted octanol–water partition coefficient (Wildman–Crippen LogP) is 2.53. The van der Waals surface area contributed by atoms with E-state index < -0.39 is 0 Å². The zero-order valence-corrected chi connectivity index (χ0v) is 10.5. The summed E-state index contributed by atoms with van der Waals surface area (Å²) in [5.41, 5.74) is 0. The molecule has 5 heteroatoms. The number of hydrogen-bond donors (Lipinski definition) is 0. The van der Waals surface area contributed by atoms with Crippen LogP contribution < -0.4 is 0 Å². The summed E-state index contributed by atoms with van der Waals surface area (Å²) >= 11 is 6.95. The summed E-state index contributed by atoms with van der Waals surface area (Å²) in [6.07, 6.45) is 1.31. The first-order chi connectivity index (χ1) is 3.65. The minimum absolute atomic E-state index is 0.743. The minimum atomic E-state index is 0.743. The molecule has 0 N–H and O–H groups in total. The highest BCUT2D eigenvalue weighted by atomic mass is 127. The van der Waals surface area contributed by atoms with Crippen LogP contribution in [-0.2, 0) is 4.79 Å². The molecule has 0 saturated carbocycles. The van der Waals surface area contributed by atoms with E-state index in [4.69, 9.17) is 4.79 Å². The molecule has 0 aliphatic carbocycles. The number of carbonyl (C=O) groups excluding carboxylic acids is 1. The number of rotatable bonds is 0. The Labute approximate surface area is 89.3 Å². The molecule has 48 valence electrons. The van der Waals surface area contributed by atoms with E-state index in [0.717, 1.165) is -0.0619 Å². The molecule has 0 aliphatic rings. The highest BCUT2D eigenvalue weighted by Crippen LogP contribution is 2.16. The summed E-state index contributed by atoms with van der Waals surface area (Å²) < 4.78 is 0.743. The lowest BCUT2D eigenvalue weighted by Gasteiger charge is -1.71. The Morgan fingerprint density at radius 3 is 1.62 bits per heavy atom. The van der Waals surface area contributed by atoms with E-state index >= 15 is 0 Å². The van der Waals surface area contributed by atoms with E-state index in [1.165, 1.54) is 13.1 Å². The molecule has 0 rings (SSSR count). The molecule has 0 fully saturated rings. The topological polar surface area (TPSA) is 29.4 Å². The monoisotopic (exact) mass is 451 g/mol. The number of halogens is 3. The Hall–Kier alpha value is 1.57. The third-order valence-corrected chi connectivity index (χ3v) is 0.0913. The lowest BCUT2D eigenvalue weighted by Crippen LogP contribution is -1.47. The lowest BCUT2D eigenvalue weighted by molar-refractivity contribution is 0.564. The van der Waals surface area contributed by atoms with Gasteiger partial charge in [-0.15, -0.1) is 0 Å². The van der Waals surface area contributed by atoms with Crippen molar-refractivity contribution in [3.8, 4) is 0 Å². The molecule has 0 atom stereocenters. The smallest absolute Gasteiger partial charge is 0.211 e. The van der Waals surface area contributed by atoms with Crippen LogP contribution in [0.1, 0.15) is 0 Å². The van der Waals surface area contributed by atoms with Gasteiger partial charge in [0.15, 0.2) is 0 Å². The zero-order chi connectivity index (χ0) is 6.99. The summed E-state index contributed by atoms with van der Waals surface area (Å²) in [7, 11) is 1.38. The van der Waals surface area contributed by atoms with Gasteiger partial charge in [-0.25, -0.2) is 9.79 Å². The van der Waals surface area contributed by atoms with Gasteiger partial charge in [0.2, 0.25) is 6.08 Å². The summed E-state index contributed by atoms with van der Waals surface area (Å²) in [5, 5.41) is 0. The Kier molecular flexibility index (Phi) is 17.4. The Morgan fingerprint density at radius 1 is 1.50 bits per heavy atom. The van der Waals surface area contributed by atoms with Crippen molar-refractivity contribution in [1.82, 2.24) is 0 Å². The SMILES string of the molecule is CN=C=O.IC(I)I. The predicted molar refractivity (Wildman–Crippen MR) is 59.9 cm³/mol. The molecule has 0 amide bonds. The molecule has 2 nitrogen and oxygen atoms in total. The second kappa shape index (κ2) is 11.4. The highest BCUT2D eigenvalue weighted by molar-refractivity contribution is 14.3. The molecule has 0 unspecified atom stereocenters. The normalized spacial score (nSPS) is 6.62. The molecule has 0 aromatic rings. The van der Waals surface area contributed by atoms with Crippen LogP contribution in [0.5, 0.6) is 0 Å². The maximum Gasteiger partial charge on any atom is 0.234 e. The van der Waals surface area contributed by atoms with Gasteiger partial charge >= 0.3 is 0 Å². The number of isocyanates is 1. The molecule has 0 heterocycles. The number of alkyl halides is 3. The average molecular weight is 451 g/mol. The van der Waals surface area contributed by atoms with Crippen LogP contribution in [0.15, 0.2) is 4.99 Å². The molecular formula is C3H4I3NO. The van der Waals surface area contributed by atoms with Gasteiger partial charge in [0.25, 0.3) is 0 Å². The van der Waals surface area contributed by atoms with Gasteiger partial charge in [-0.3, -0.25) is 0 Å². The highest BCUT2D eigenvalue weighted by Gasteiger charge is 1.76. The van der Waals surface area contributed by atoms with E-state index in [1.54, 1.807) is 0 Å². The number of hydrogen-bond acceptors (Lipinski definition) is 2. The van der Waals surface area contributed by atoms with Crippen LogP contribution in [-0.4, -0.2) is 13.1 Å². The minimum Gasteiger partial charge on any atom is -0.211 e. The third kappa shape index (κ3) is 49.5. The van der Waals surface area contributed by atoms with Crippen molar-refractivity contribution in [2.45, 2.75) is -0.0619 Å². The Morgan fingerprint density at radius 2 is 1.62 bits per heavy atom. The number of aliphatic imine (C=N–C) groups is 1. The van der Waals surface area contributed by atoms with Crippen LogP contribution in [0.25, 0.3) is 0 Å². The molecular weight excluding hydrogens is 447 g/mol. The van der Waals surface area contributed by atoms with E-state index in [2.05, 4.69) is 72.8 Å². The largest absolute Gasteiger partial charge is 0.234 e. The second-order valence-electron chi connectivity index (χ2n) is 0.562. The summed E-state index contributed by atoms with van der Waals surface area (Å²) in [5.74, 6) is 0. The van der Waals surface area contributed by atoms with Gasteiger partial charge in [-0.05, 0) is 0 Å². The van der Waals surface area contributed by atoms with Crippen molar-refractivity contribution in [3.05, 3.63) is 0 Å². The van der Waals surface area contributed by atoms with Crippen molar-refractivity contribution in [2.75, 3.05) is 7.05 Å². The quantitative estimate of drug-likeness (QED) is 0.241. The molecule has 0 aromatic heterocycles. The van der Waals surface area contributed by atoms with E-state index in [0.29, 0.717) is 0 Å². The van der Waals surface area contributed by atoms with Crippen LogP contribution in [0.4, 0.5) is 0 Å². The van der Waals surface area contributed by atoms with Gasteiger partial charge in [-0.2, -0.15) is 0 Å². The van der Waals surface area contributed by atoms with Gasteiger partial charge in [0, 0.05) is 7.05 Å². The standard InChI is InChI=1S/C2H3NO.CHI3/c1-3-2-4;2-1(3)4/h1H3;1H. The third-order valence-electron chi connectivity index (χ3n) is 0.0913. The fourth-order valence-electron chi connectivity index (χ4n) is 0. The van der Waals surface area contributed by atoms with Crippen molar-refractivity contribution in [2.24, 2.45) is 4.99 Å². The fraction of sp³-hybridized carbons (Fsp3) is 0.667. The maximum absolute atomic E-state index is 8.88. The van der Waals surface area contributed by atoms with Gasteiger partial charge < -0.3 is 0 Å². The van der Waals surface area contributed by atoms with Crippen LogP contribution in [0, 0.1) is 0 Å². The van der Waals surface area contributed by atoms with E-state index in [9.17, 15) is 0 Å². The first-order valence-corrected chi connectivity index (χ1v) is 5.27. The van der Waals surface area contributed by atoms with Crippen molar-refractivity contribution in [3.63, 3.8) is 0 Å². The van der Waals surface area contributed by atoms with Crippen molar-refractivity contribution < 1.29 is 4.79 Å². The molecule has 8 heavy (non-hydrogen) atoms. The maximum atomic E-state index is 8.88. The van der Waals surface area contributed by atoms with Crippen LogP contribution in [0.3, 0.4) is 0 Å². The van der Waals surface area contributed by atoms with Crippen LogP contribution >= 0.6 is 67.8 Å². The van der Waals surface area contributed by atoms with E-state index in [-0.39, 0.29) is 0 Å². The molecule has 0 saturated heterocycles. The van der Waals surface area contributed by atoms with E-state index in [1.807, 2.05) is 0 Å². The number of nitrogens with zero attached hydrogens (tertiary/aromatic N) is 1. The average Bonchev–Trinajstić information content (AvgIpc) is 1.65. The zero-order valence-electron chi connectivity index (χ0n) is 4.07. The summed E-state index contributed by atoms with van der Waals surface area (Å²) in [6, 6.07) is 0. The molecule has 0 spiro atoms. The fourth-order valence-corrected chi connectivity index (χ4v) is 0. The molecule has 0 radical (unpaired) electrons. The van der Waals surface area contributed by atoms with Gasteiger partial charge in [-0.1, -0.05) is 67.8 Å². The van der Waals surface area contributed by atoms with Crippen molar-refractivity contribution in [1.29, 1.82) is 0 Å². The lowest BCUT2D eigenvalue weighted by atomic mass is 11.4. The van der Waals surface area contributed by atoms with Crippen molar-refractivity contribution >= 4 is 73.9 Å². The first-order valence-electron chi connectivity index (χ1n) is 1.53. The Balaban J connectivity index is 0. The first kappa shape index (κ1) is 12.3. The van der Waals surface area contributed by atoms with Crippen LogP contribution in [0.2, 0.25) is 0 Å². The van der Waals surface area contributed by atoms with Gasteiger partial charge in [0.1, 0.15) is -0.0619 Å². The molecule has 0 aliphatic heterocycles. The second-order valence-corrected chi connectivity index (χ2v) is 11.4. The molecule has 0 bridgehead atoms. The van der Waals surface area contributed by atoms with Gasteiger partial charge in [0.05, 0.1) is 0 Å². The molecule has 0 aromatic carbocycles. The summed E-state index contributed by atoms with van der Waals surface area (Å²) in [4.78, 5) is 11.8. The summed E-state index contributed by atoms with van der Waals surface area (Å²) in [6.45, 7) is 0.